The van der Waals surface area contributed by atoms with Gasteiger partial charge in [0.2, 0.25) is 0 Å². The Morgan fingerprint density at radius 3 is 2.50 bits per heavy atom. The molecule has 0 unspecified atom stereocenters. The Hall–Kier alpha value is -2.75. The van der Waals surface area contributed by atoms with Crippen molar-refractivity contribution in [2.45, 2.75) is 0 Å². The lowest BCUT2D eigenvalue weighted by Crippen LogP contribution is -2.10. The van der Waals surface area contributed by atoms with E-state index >= 15 is 0 Å². The molecule has 0 saturated carbocycles. The number of rotatable bonds is 4. The Morgan fingerprint density at radius 1 is 1.15 bits per heavy atom. The summed E-state index contributed by atoms with van der Waals surface area (Å²) in [5.41, 5.74) is 1.54. The first-order valence-electron chi connectivity index (χ1n) is 6.04. The molecule has 0 heterocycles. The number of phenols is 1. The molecule has 0 atom stereocenters. The number of ether oxygens (including phenoxy) is 2. The van der Waals surface area contributed by atoms with E-state index in [4.69, 9.17) is 9.47 Å². The predicted octanol–water partition coefficient (Wildman–Crippen LogP) is 3.76. The molecule has 2 aromatic rings. The highest BCUT2D eigenvalue weighted by Crippen LogP contribution is 2.29. The molecule has 0 radical (unpaired) electrons. The Kier molecular flexibility index (Phi) is 4.39. The van der Waals surface area contributed by atoms with E-state index in [1.807, 2.05) is 12.1 Å². The van der Waals surface area contributed by atoms with Gasteiger partial charge in [-0.3, -0.25) is 0 Å². The van der Waals surface area contributed by atoms with Gasteiger partial charge in [-0.05, 0) is 23.8 Å². The molecule has 4 heteroatoms. The molecule has 0 aliphatic carbocycles. The minimum absolute atomic E-state index is 0.106. The van der Waals surface area contributed by atoms with Gasteiger partial charge in [0.15, 0.2) is 0 Å². The molecule has 0 saturated heterocycles. The molecule has 0 spiro atoms. The first-order chi connectivity index (χ1) is 9.70. The summed E-state index contributed by atoms with van der Waals surface area (Å²) in [6.45, 7) is 3.54. The normalized spacial score (nSPS) is 9.80. The second-order valence-electron chi connectivity index (χ2n) is 3.99. The van der Waals surface area contributed by atoms with Crippen molar-refractivity contribution in [2.75, 3.05) is 6.61 Å². The summed E-state index contributed by atoms with van der Waals surface area (Å²) in [5.74, 6) is 0.574. The van der Waals surface area contributed by atoms with Gasteiger partial charge in [-0.2, -0.15) is 0 Å². The van der Waals surface area contributed by atoms with Crippen LogP contribution in [-0.4, -0.2) is 17.9 Å². The van der Waals surface area contributed by atoms with Gasteiger partial charge in [0.05, 0.1) is 0 Å². The fraction of sp³-hybridized carbons (Fsp3) is 0.0625. The first kappa shape index (κ1) is 13.7. The van der Waals surface area contributed by atoms with Gasteiger partial charge in [0, 0.05) is 5.56 Å². The van der Waals surface area contributed by atoms with Crippen molar-refractivity contribution in [1.29, 1.82) is 0 Å². The fourth-order valence-corrected chi connectivity index (χ4v) is 1.67. The summed E-state index contributed by atoms with van der Waals surface area (Å²) >= 11 is 0. The van der Waals surface area contributed by atoms with Crippen molar-refractivity contribution in [1.82, 2.24) is 0 Å². The zero-order valence-electron chi connectivity index (χ0n) is 10.8. The number of phenolic OH excluding ortho intramolecular Hbond substituents is 1. The van der Waals surface area contributed by atoms with Crippen LogP contribution >= 0.6 is 0 Å². The van der Waals surface area contributed by atoms with Crippen LogP contribution < -0.4 is 4.74 Å². The molecular formula is C16H14O4. The molecular weight excluding hydrogens is 256 g/mol. The van der Waals surface area contributed by atoms with E-state index in [0.717, 1.165) is 5.56 Å². The zero-order valence-corrected chi connectivity index (χ0v) is 10.8. The quantitative estimate of drug-likeness (QED) is 0.522. The molecule has 4 nitrogen and oxygen atoms in total. The van der Waals surface area contributed by atoms with E-state index in [1.165, 1.54) is 6.08 Å². The maximum atomic E-state index is 11.2. The van der Waals surface area contributed by atoms with Crippen LogP contribution in [-0.2, 0) is 4.74 Å². The number of carbonyl (C=O) groups excluding carboxylic acids is 1. The molecule has 0 aliphatic heterocycles. The smallest absolute Gasteiger partial charge is 0.507 e. The number of para-hydroxylation sites is 1. The number of benzene rings is 2. The molecule has 0 aliphatic rings. The summed E-state index contributed by atoms with van der Waals surface area (Å²) in [6, 6.07) is 13.8. The molecule has 2 aromatic carbocycles. The molecule has 102 valence electrons. The molecule has 0 amide bonds. The molecule has 2 rings (SSSR count). The molecule has 0 fully saturated rings. The van der Waals surface area contributed by atoms with Gasteiger partial charge in [0.25, 0.3) is 0 Å². The van der Waals surface area contributed by atoms with Crippen LogP contribution in [0.1, 0.15) is 0 Å². The number of hydrogen-bond donors (Lipinski definition) is 1. The Balaban J connectivity index is 2.09. The van der Waals surface area contributed by atoms with Gasteiger partial charge in [-0.15, -0.1) is 0 Å². The summed E-state index contributed by atoms with van der Waals surface area (Å²) in [5, 5.41) is 9.76. The fourth-order valence-electron chi connectivity index (χ4n) is 1.67. The molecule has 0 bridgehead atoms. The van der Waals surface area contributed by atoms with Crippen LogP contribution in [0.2, 0.25) is 0 Å². The average molecular weight is 270 g/mol. The van der Waals surface area contributed by atoms with E-state index in [-0.39, 0.29) is 12.4 Å². The monoisotopic (exact) mass is 270 g/mol. The van der Waals surface area contributed by atoms with E-state index in [1.54, 1.807) is 36.4 Å². The largest absolute Gasteiger partial charge is 0.514 e. The lowest BCUT2D eigenvalue weighted by Gasteiger charge is -2.07. The van der Waals surface area contributed by atoms with Gasteiger partial charge in [0.1, 0.15) is 18.1 Å². The summed E-state index contributed by atoms with van der Waals surface area (Å²) in [6.07, 6.45) is 0.683. The van der Waals surface area contributed by atoms with Crippen LogP contribution in [0.15, 0.2) is 61.2 Å². The van der Waals surface area contributed by atoms with Crippen molar-refractivity contribution in [3.05, 3.63) is 61.2 Å². The van der Waals surface area contributed by atoms with Crippen molar-refractivity contribution in [3.63, 3.8) is 0 Å². The Morgan fingerprint density at radius 2 is 1.85 bits per heavy atom. The molecule has 20 heavy (non-hydrogen) atoms. The van der Waals surface area contributed by atoms with Gasteiger partial charge in [-0.25, -0.2) is 4.79 Å². The third-order valence-electron chi connectivity index (χ3n) is 2.59. The minimum Gasteiger partial charge on any atom is -0.507 e. The van der Waals surface area contributed by atoms with E-state index in [0.29, 0.717) is 11.3 Å². The van der Waals surface area contributed by atoms with Crippen LogP contribution in [0, 0.1) is 0 Å². The van der Waals surface area contributed by atoms with Gasteiger partial charge in [-0.1, -0.05) is 43.0 Å². The Labute approximate surface area is 116 Å². The van der Waals surface area contributed by atoms with E-state index < -0.39 is 6.16 Å². The number of aromatic hydroxyl groups is 1. The second kappa shape index (κ2) is 6.43. The molecule has 0 aromatic heterocycles. The summed E-state index contributed by atoms with van der Waals surface area (Å²) in [4.78, 5) is 11.2. The number of carbonyl (C=O) groups is 1. The van der Waals surface area contributed by atoms with Crippen molar-refractivity contribution < 1.29 is 19.4 Å². The van der Waals surface area contributed by atoms with Crippen molar-refractivity contribution >= 4 is 6.16 Å². The maximum absolute atomic E-state index is 11.2. The van der Waals surface area contributed by atoms with Crippen molar-refractivity contribution in [2.24, 2.45) is 0 Å². The molecule has 1 N–H and O–H groups in total. The maximum Gasteiger partial charge on any atom is 0.514 e. The lowest BCUT2D eigenvalue weighted by atomic mass is 10.0. The van der Waals surface area contributed by atoms with Gasteiger partial charge < -0.3 is 14.6 Å². The summed E-state index contributed by atoms with van der Waals surface area (Å²) in [7, 11) is 0. The standard InChI is InChI=1S/C16H14O4/c1-2-11-19-16(18)20-13-9-7-12(8-10-13)14-5-3-4-6-15(14)17/h2-10,17H,1,11H2. The van der Waals surface area contributed by atoms with Crippen LogP contribution in [0.4, 0.5) is 4.79 Å². The predicted molar refractivity (Wildman–Crippen MR) is 75.7 cm³/mol. The summed E-state index contributed by atoms with van der Waals surface area (Å²) < 4.78 is 9.68. The van der Waals surface area contributed by atoms with Crippen molar-refractivity contribution in [3.8, 4) is 22.6 Å². The van der Waals surface area contributed by atoms with Crippen LogP contribution in [0.3, 0.4) is 0 Å². The third kappa shape index (κ3) is 3.38. The van der Waals surface area contributed by atoms with Crippen LogP contribution in [0.25, 0.3) is 11.1 Å². The SMILES string of the molecule is C=CCOC(=O)Oc1ccc(-c2ccccc2O)cc1. The Bertz CT molecular complexity index is 602. The third-order valence-corrected chi connectivity index (χ3v) is 2.59. The lowest BCUT2D eigenvalue weighted by molar-refractivity contribution is 0.109. The highest BCUT2D eigenvalue weighted by molar-refractivity contribution is 5.71. The highest BCUT2D eigenvalue weighted by atomic mass is 16.7. The minimum atomic E-state index is -0.778. The topological polar surface area (TPSA) is 55.8 Å². The number of hydrogen-bond acceptors (Lipinski definition) is 4. The van der Waals surface area contributed by atoms with Crippen LogP contribution in [0.5, 0.6) is 11.5 Å². The average Bonchev–Trinajstić information content (AvgIpc) is 2.47. The van der Waals surface area contributed by atoms with E-state index in [9.17, 15) is 9.90 Å². The highest BCUT2D eigenvalue weighted by Gasteiger charge is 2.07. The van der Waals surface area contributed by atoms with Gasteiger partial charge >= 0.3 is 6.16 Å². The first-order valence-corrected chi connectivity index (χ1v) is 6.04. The second-order valence-corrected chi connectivity index (χ2v) is 3.99. The van der Waals surface area contributed by atoms with E-state index in [2.05, 4.69) is 6.58 Å². The zero-order chi connectivity index (χ0) is 14.4.